The fraction of sp³-hybridized carbons (Fsp3) is 0.133. The first kappa shape index (κ1) is 15.8. The van der Waals surface area contributed by atoms with Gasteiger partial charge >= 0.3 is 0 Å². The van der Waals surface area contributed by atoms with E-state index in [1.54, 1.807) is 25.1 Å². The van der Waals surface area contributed by atoms with Gasteiger partial charge in [0.2, 0.25) is 5.91 Å². The molecule has 0 aliphatic carbocycles. The molecule has 0 radical (unpaired) electrons. The number of benzene rings is 2. The quantitative estimate of drug-likeness (QED) is 0.852. The van der Waals surface area contributed by atoms with Crippen LogP contribution in [0.25, 0.3) is 0 Å². The summed E-state index contributed by atoms with van der Waals surface area (Å²) >= 11 is 9.26. The number of nitrogens with one attached hydrogen (secondary N) is 1. The van der Waals surface area contributed by atoms with Crippen molar-refractivity contribution in [2.24, 2.45) is 5.73 Å². The molecule has 2 rings (SSSR count). The van der Waals surface area contributed by atoms with Crippen LogP contribution in [-0.4, -0.2) is 5.91 Å². The molecule has 6 heteroatoms. The Bertz CT molecular complexity index is 678. The van der Waals surface area contributed by atoms with Gasteiger partial charge in [0.15, 0.2) is 0 Å². The zero-order valence-electron chi connectivity index (χ0n) is 11.2. The van der Waals surface area contributed by atoms with Crippen LogP contribution >= 0.6 is 27.5 Å². The highest BCUT2D eigenvalue weighted by atomic mass is 79.9. The lowest BCUT2D eigenvalue weighted by Gasteiger charge is -2.29. The summed E-state index contributed by atoms with van der Waals surface area (Å²) < 4.78 is 13.7. The third-order valence-electron chi connectivity index (χ3n) is 3.23. The van der Waals surface area contributed by atoms with Crippen LogP contribution in [0.3, 0.4) is 0 Å². The van der Waals surface area contributed by atoms with Crippen LogP contribution in [0.1, 0.15) is 12.5 Å². The topological polar surface area (TPSA) is 55.1 Å². The number of amides is 1. The van der Waals surface area contributed by atoms with Crippen LogP contribution in [0.15, 0.2) is 46.9 Å². The number of primary amides is 1. The lowest BCUT2D eigenvalue weighted by molar-refractivity contribution is -0.122. The summed E-state index contributed by atoms with van der Waals surface area (Å²) in [6.45, 7) is 1.64. The van der Waals surface area contributed by atoms with E-state index >= 15 is 0 Å². The van der Waals surface area contributed by atoms with Gasteiger partial charge in [0, 0.05) is 10.2 Å². The summed E-state index contributed by atoms with van der Waals surface area (Å²) in [5.41, 5.74) is 5.59. The van der Waals surface area contributed by atoms with Gasteiger partial charge in [-0.3, -0.25) is 4.79 Å². The third-order valence-corrected chi connectivity index (χ3v) is 4.44. The standard InChI is InChI=1S/C15H13BrClFN2O/c1-15(14(19)21,9-2-4-10(18)5-3-9)20-11-6-7-13(17)12(16)8-11/h2-8,20H,1H3,(H2,19,21). The average Bonchev–Trinajstić information content (AvgIpc) is 2.43. The average molecular weight is 372 g/mol. The minimum Gasteiger partial charge on any atom is -0.368 e. The molecule has 0 spiro atoms. The molecule has 0 heterocycles. The van der Waals surface area contributed by atoms with E-state index in [9.17, 15) is 9.18 Å². The first-order chi connectivity index (χ1) is 9.83. The van der Waals surface area contributed by atoms with Crippen LogP contribution in [-0.2, 0) is 10.3 Å². The Labute approximate surface area is 135 Å². The van der Waals surface area contributed by atoms with Crippen molar-refractivity contribution in [3.8, 4) is 0 Å². The molecule has 0 aliphatic heterocycles. The SMILES string of the molecule is CC(Nc1ccc(Cl)c(Br)c1)(C(N)=O)c1ccc(F)cc1. The van der Waals surface area contributed by atoms with Crippen molar-refractivity contribution in [2.45, 2.75) is 12.5 Å². The molecule has 0 saturated carbocycles. The van der Waals surface area contributed by atoms with Gasteiger partial charge in [-0.15, -0.1) is 0 Å². The molecule has 110 valence electrons. The highest BCUT2D eigenvalue weighted by Crippen LogP contribution is 2.30. The molecular weight excluding hydrogens is 359 g/mol. The molecule has 0 aromatic heterocycles. The maximum absolute atomic E-state index is 13.0. The fourth-order valence-corrected chi connectivity index (χ4v) is 2.42. The number of hydrogen-bond acceptors (Lipinski definition) is 2. The van der Waals surface area contributed by atoms with Crippen molar-refractivity contribution < 1.29 is 9.18 Å². The van der Waals surface area contributed by atoms with E-state index < -0.39 is 11.4 Å². The summed E-state index contributed by atoms with van der Waals surface area (Å²) in [6, 6.07) is 10.8. The van der Waals surface area contributed by atoms with E-state index in [0.717, 1.165) is 0 Å². The second-order valence-electron chi connectivity index (χ2n) is 4.75. The maximum Gasteiger partial charge on any atom is 0.247 e. The molecule has 1 amide bonds. The summed E-state index contributed by atoms with van der Waals surface area (Å²) in [5, 5.41) is 3.63. The third kappa shape index (κ3) is 3.36. The lowest BCUT2D eigenvalue weighted by atomic mass is 9.91. The first-order valence-electron chi connectivity index (χ1n) is 6.12. The van der Waals surface area contributed by atoms with Gasteiger partial charge in [0.25, 0.3) is 0 Å². The molecule has 3 nitrogen and oxygen atoms in total. The van der Waals surface area contributed by atoms with Gasteiger partial charge in [0.05, 0.1) is 5.02 Å². The number of anilines is 1. The predicted molar refractivity (Wildman–Crippen MR) is 85.7 cm³/mol. The molecule has 2 aromatic carbocycles. The monoisotopic (exact) mass is 370 g/mol. The molecule has 0 fully saturated rings. The Morgan fingerprint density at radius 2 is 1.90 bits per heavy atom. The highest BCUT2D eigenvalue weighted by molar-refractivity contribution is 9.10. The van der Waals surface area contributed by atoms with E-state index in [1.807, 2.05) is 0 Å². The second-order valence-corrected chi connectivity index (χ2v) is 6.01. The van der Waals surface area contributed by atoms with Crippen molar-refractivity contribution in [3.63, 3.8) is 0 Å². The Morgan fingerprint density at radius 3 is 2.43 bits per heavy atom. The van der Waals surface area contributed by atoms with Gasteiger partial charge in [-0.25, -0.2) is 4.39 Å². The summed E-state index contributed by atoms with van der Waals surface area (Å²) in [5.74, 6) is -0.944. The van der Waals surface area contributed by atoms with Gasteiger partial charge in [-0.2, -0.15) is 0 Å². The van der Waals surface area contributed by atoms with Gasteiger partial charge in [0.1, 0.15) is 11.4 Å². The number of nitrogens with two attached hydrogens (primary N) is 1. The summed E-state index contributed by atoms with van der Waals surface area (Å²) in [6.07, 6.45) is 0. The molecule has 1 unspecified atom stereocenters. The zero-order chi connectivity index (χ0) is 15.6. The van der Waals surface area contributed by atoms with Crippen LogP contribution in [0.4, 0.5) is 10.1 Å². The van der Waals surface area contributed by atoms with Crippen molar-refractivity contribution >= 4 is 39.1 Å². The van der Waals surface area contributed by atoms with E-state index in [-0.39, 0.29) is 5.82 Å². The number of carbonyl (C=O) groups excluding carboxylic acids is 1. The van der Waals surface area contributed by atoms with Gasteiger partial charge in [-0.05, 0) is 58.7 Å². The zero-order valence-corrected chi connectivity index (χ0v) is 13.5. The fourth-order valence-electron chi connectivity index (χ4n) is 1.92. The van der Waals surface area contributed by atoms with Crippen molar-refractivity contribution in [1.29, 1.82) is 0 Å². The Morgan fingerprint density at radius 1 is 1.29 bits per heavy atom. The highest BCUT2D eigenvalue weighted by Gasteiger charge is 2.33. The van der Waals surface area contributed by atoms with Crippen LogP contribution in [0.5, 0.6) is 0 Å². The predicted octanol–water partition coefficient (Wildman–Crippen LogP) is 4.05. The maximum atomic E-state index is 13.0. The largest absolute Gasteiger partial charge is 0.368 e. The Hall–Kier alpha value is -1.59. The molecular formula is C15H13BrClFN2O. The minimum absolute atomic E-state index is 0.375. The number of halogens is 3. The molecule has 0 aliphatic rings. The summed E-state index contributed by atoms with van der Waals surface area (Å²) in [7, 11) is 0. The van der Waals surface area contributed by atoms with Crippen LogP contribution < -0.4 is 11.1 Å². The van der Waals surface area contributed by atoms with E-state index in [4.69, 9.17) is 17.3 Å². The number of hydrogen-bond donors (Lipinski definition) is 2. The smallest absolute Gasteiger partial charge is 0.247 e. The van der Waals surface area contributed by atoms with E-state index in [2.05, 4.69) is 21.2 Å². The molecule has 1 atom stereocenters. The van der Waals surface area contributed by atoms with Gasteiger partial charge in [-0.1, -0.05) is 23.7 Å². The van der Waals surface area contributed by atoms with Crippen LogP contribution in [0.2, 0.25) is 5.02 Å². The molecule has 3 N–H and O–H groups in total. The van der Waals surface area contributed by atoms with Crippen LogP contribution in [0, 0.1) is 5.82 Å². The van der Waals surface area contributed by atoms with Crippen molar-refractivity contribution in [3.05, 3.63) is 63.3 Å². The van der Waals surface area contributed by atoms with Crippen molar-refractivity contribution in [2.75, 3.05) is 5.32 Å². The van der Waals surface area contributed by atoms with E-state index in [1.165, 1.54) is 24.3 Å². The van der Waals surface area contributed by atoms with Gasteiger partial charge < -0.3 is 11.1 Å². The second kappa shape index (κ2) is 6.03. The molecule has 2 aromatic rings. The number of carbonyl (C=O) groups is 1. The minimum atomic E-state index is -1.17. The molecule has 0 saturated heterocycles. The summed E-state index contributed by atoms with van der Waals surface area (Å²) in [4.78, 5) is 11.9. The first-order valence-corrected chi connectivity index (χ1v) is 7.29. The molecule has 21 heavy (non-hydrogen) atoms. The van der Waals surface area contributed by atoms with Crippen molar-refractivity contribution in [1.82, 2.24) is 0 Å². The Balaban J connectivity index is 2.40. The Kier molecular flexibility index (Phi) is 4.54. The molecule has 0 bridgehead atoms. The normalized spacial score (nSPS) is 13.5. The number of rotatable bonds is 4. The lowest BCUT2D eigenvalue weighted by Crippen LogP contribution is -2.45. The van der Waals surface area contributed by atoms with E-state index in [0.29, 0.717) is 20.7 Å².